The van der Waals surface area contributed by atoms with Gasteiger partial charge in [0.1, 0.15) is 12.4 Å². The zero-order valence-corrected chi connectivity index (χ0v) is 17.9. The first-order chi connectivity index (χ1) is 14.6. The summed E-state index contributed by atoms with van der Waals surface area (Å²) < 4.78 is 7.90. The largest absolute Gasteiger partial charge is 0.487 e. The highest BCUT2D eigenvalue weighted by molar-refractivity contribution is 5.79. The zero-order valence-electron chi connectivity index (χ0n) is 17.9. The molecule has 7 nitrogen and oxygen atoms in total. The van der Waals surface area contributed by atoms with Gasteiger partial charge in [-0.3, -0.25) is 14.7 Å². The lowest BCUT2D eigenvalue weighted by Gasteiger charge is -2.13. The molecule has 0 aliphatic carbocycles. The molecule has 0 bridgehead atoms. The molecule has 30 heavy (non-hydrogen) atoms. The molecule has 0 unspecified atom stereocenters. The van der Waals surface area contributed by atoms with Gasteiger partial charge in [-0.25, -0.2) is 0 Å². The Bertz CT molecular complexity index is 951. The van der Waals surface area contributed by atoms with Crippen molar-refractivity contribution in [1.29, 1.82) is 0 Å². The van der Waals surface area contributed by atoms with Gasteiger partial charge in [0.2, 0.25) is 0 Å². The van der Waals surface area contributed by atoms with E-state index >= 15 is 0 Å². The highest BCUT2D eigenvalue weighted by Crippen LogP contribution is 2.14. The zero-order chi connectivity index (χ0) is 21.2. The lowest BCUT2D eigenvalue weighted by molar-refractivity contribution is 0.301. The van der Waals surface area contributed by atoms with E-state index in [9.17, 15) is 0 Å². The predicted octanol–water partition coefficient (Wildman–Crippen LogP) is 3.23. The van der Waals surface area contributed by atoms with Crippen LogP contribution in [0.25, 0.3) is 0 Å². The highest BCUT2D eigenvalue weighted by atomic mass is 16.5. The van der Waals surface area contributed by atoms with Crippen LogP contribution in [0.5, 0.6) is 5.75 Å². The van der Waals surface area contributed by atoms with Gasteiger partial charge in [-0.1, -0.05) is 18.2 Å². The van der Waals surface area contributed by atoms with Crippen LogP contribution in [0.3, 0.4) is 0 Å². The number of hydrogen-bond acceptors (Lipinski definition) is 4. The molecule has 2 N–H and O–H groups in total. The van der Waals surface area contributed by atoms with Crippen molar-refractivity contribution in [3.8, 4) is 5.75 Å². The van der Waals surface area contributed by atoms with E-state index in [1.807, 2.05) is 48.0 Å². The Morgan fingerprint density at radius 1 is 1.10 bits per heavy atom. The predicted molar refractivity (Wildman–Crippen MR) is 120 cm³/mol. The molecule has 0 atom stereocenters. The Balaban J connectivity index is 1.41. The maximum Gasteiger partial charge on any atom is 0.191 e. The first-order valence-electron chi connectivity index (χ1n) is 10.2. The van der Waals surface area contributed by atoms with Gasteiger partial charge in [0.05, 0.1) is 11.4 Å². The van der Waals surface area contributed by atoms with E-state index in [2.05, 4.69) is 44.8 Å². The first kappa shape index (κ1) is 21.4. The third kappa shape index (κ3) is 6.62. The van der Waals surface area contributed by atoms with Crippen molar-refractivity contribution in [2.45, 2.75) is 40.0 Å². The molecule has 2 heterocycles. The fourth-order valence-electron chi connectivity index (χ4n) is 3.13. The molecule has 0 saturated heterocycles. The second-order valence-corrected chi connectivity index (χ2v) is 7.11. The number of aliphatic imine (C=N–C) groups is 1. The quantitative estimate of drug-likeness (QED) is 0.324. The molecule has 0 amide bonds. The van der Waals surface area contributed by atoms with Crippen LogP contribution in [0.15, 0.2) is 59.7 Å². The number of ether oxygens (including phenoxy) is 1. The summed E-state index contributed by atoms with van der Waals surface area (Å²) in [6.07, 6.45) is 2.74. The van der Waals surface area contributed by atoms with E-state index in [0.29, 0.717) is 13.2 Å². The van der Waals surface area contributed by atoms with Crippen molar-refractivity contribution in [2.24, 2.45) is 4.99 Å². The van der Waals surface area contributed by atoms with Crippen molar-refractivity contribution in [1.82, 2.24) is 25.4 Å². The van der Waals surface area contributed by atoms with Gasteiger partial charge in [-0.05, 0) is 56.2 Å². The van der Waals surface area contributed by atoms with Crippen molar-refractivity contribution < 1.29 is 4.74 Å². The van der Waals surface area contributed by atoms with Crippen LogP contribution in [0.2, 0.25) is 0 Å². The molecule has 3 aromatic rings. The topological polar surface area (TPSA) is 76.4 Å². The third-order valence-electron chi connectivity index (χ3n) is 4.64. The summed E-state index contributed by atoms with van der Waals surface area (Å²) in [5.41, 5.74) is 4.29. The summed E-state index contributed by atoms with van der Waals surface area (Å²) in [7, 11) is 1.78. The van der Waals surface area contributed by atoms with Crippen LogP contribution in [-0.2, 0) is 19.7 Å². The monoisotopic (exact) mass is 406 g/mol. The molecular weight excluding hydrogens is 376 g/mol. The molecule has 1 aromatic carbocycles. The van der Waals surface area contributed by atoms with Crippen LogP contribution >= 0.6 is 0 Å². The van der Waals surface area contributed by atoms with Gasteiger partial charge in [-0.15, -0.1) is 0 Å². The summed E-state index contributed by atoms with van der Waals surface area (Å²) in [4.78, 5) is 8.58. The second kappa shape index (κ2) is 11.0. The number of nitrogens with zero attached hydrogens (tertiary/aromatic N) is 4. The SMILES string of the molecule is CN=C(NCCCn1nc(C)cc1C)NCc1cccc(OCc2ccccn2)c1. The van der Waals surface area contributed by atoms with E-state index in [-0.39, 0.29) is 0 Å². The molecule has 0 fully saturated rings. The average molecular weight is 407 g/mol. The molecule has 7 heteroatoms. The number of aromatic nitrogens is 3. The number of hydrogen-bond donors (Lipinski definition) is 2. The van der Waals surface area contributed by atoms with Crippen LogP contribution in [0.4, 0.5) is 0 Å². The first-order valence-corrected chi connectivity index (χ1v) is 10.2. The molecule has 2 aromatic heterocycles. The van der Waals surface area contributed by atoms with Crippen molar-refractivity contribution >= 4 is 5.96 Å². The Hall–Kier alpha value is -3.35. The smallest absolute Gasteiger partial charge is 0.191 e. The fourth-order valence-corrected chi connectivity index (χ4v) is 3.13. The number of guanidine groups is 1. The average Bonchev–Trinajstić information content (AvgIpc) is 3.09. The standard InChI is InChI=1S/C23H30N6O/c1-18-14-19(2)29(28-18)13-7-12-26-23(24-3)27-16-20-8-6-10-22(15-20)30-17-21-9-4-5-11-25-21/h4-6,8-11,14-15H,7,12-13,16-17H2,1-3H3,(H2,24,26,27). The fraction of sp³-hybridized carbons (Fsp3) is 0.348. The number of benzene rings is 1. The van der Waals surface area contributed by atoms with E-state index in [0.717, 1.165) is 48.2 Å². The van der Waals surface area contributed by atoms with Crippen LogP contribution in [0.1, 0.15) is 29.1 Å². The third-order valence-corrected chi connectivity index (χ3v) is 4.64. The number of pyridine rings is 1. The van der Waals surface area contributed by atoms with E-state index in [1.165, 1.54) is 5.69 Å². The van der Waals surface area contributed by atoms with E-state index in [4.69, 9.17) is 4.74 Å². The van der Waals surface area contributed by atoms with E-state index in [1.54, 1.807) is 13.2 Å². The van der Waals surface area contributed by atoms with Crippen LogP contribution < -0.4 is 15.4 Å². The molecule has 158 valence electrons. The molecular formula is C23H30N6O. The van der Waals surface area contributed by atoms with Gasteiger partial charge in [0.25, 0.3) is 0 Å². The Labute approximate surface area is 178 Å². The van der Waals surface area contributed by atoms with Crippen molar-refractivity contribution in [2.75, 3.05) is 13.6 Å². The number of aryl methyl sites for hydroxylation is 3. The van der Waals surface area contributed by atoms with Gasteiger partial charge >= 0.3 is 0 Å². The Morgan fingerprint density at radius 2 is 2.00 bits per heavy atom. The van der Waals surface area contributed by atoms with Crippen molar-refractivity contribution in [3.63, 3.8) is 0 Å². The Kier molecular flexibility index (Phi) is 7.83. The lowest BCUT2D eigenvalue weighted by atomic mass is 10.2. The molecule has 3 rings (SSSR count). The minimum atomic E-state index is 0.455. The van der Waals surface area contributed by atoms with Crippen LogP contribution in [-0.4, -0.2) is 34.3 Å². The van der Waals surface area contributed by atoms with Gasteiger partial charge < -0.3 is 15.4 Å². The normalized spacial score (nSPS) is 11.4. The summed E-state index contributed by atoms with van der Waals surface area (Å²) >= 11 is 0. The van der Waals surface area contributed by atoms with Gasteiger partial charge in [0.15, 0.2) is 5.96 Å². The van der Waals surface area contributed by atoms with Gasteiger partial charge in [-0.2, -0.15) is 5.10 Å². The molecule has 0 spiro atoms. The number of nitrogens with one attached hydrogen (secondary N) is 2. The van der Waals surface area contributed by atoms with E-state index < -0.39 is 0 Å². The minimum Gasteiger partial charge on any atom is -0.487 e. The maximum absolute atomic E-state index is 5.85. The highest BCUT2D eigenvalue weighted by Gasteiger charge is 2.03. The second-order valence-electron chi connectivity index (χ2n) is 7.11. The maximum atomic E-state index is 5.85. The van der Waals surface area contributed by atoms with Crippen molar-refractivity contribution in [3.05, 3.63) is 77.4 Å². The minimum absolute atomic E-state index is 0.455. The Morgan fingerprint density at radius 3 is 2.73 bits per heavy atom. The molecule has 0 aliphatic rings. The summed E-state index contributed by atoms with van der Waals surface area (Å²) in [5, 5.41) is 11.2. The summed E-state index contributed by atoms with van der Waals surface area (Å²) in [6, 6.07) is 16.0. The lowest BCUT2D eigenvalue weighted by Crippen LogP contribution is -2.37. The summed E-state index contributed by atoms with van der Waals surface area (Å²) in [6.45, 7) is 6.94. The molecule has 0 radical (unpaired) electrons. The molecule has 0 aliphatic heterocycles. The van der Waals surface area contributed by atoms with Crippen LogP contribution in [0, 0.1) is 13.8 Å². The number of rotatable bonds is 9. The molecule has 0 saturated carbocycles. The summed E-state index contributed by atoms with van der Waals surface area (Å²) in [5.74, 6) is 1.61. The van der Waals surface area contributed by atoms with Gasteiger partial charge in [0, 0.05) is 38.6 Å².